The summed E-state index contributed by atoms with van der Waals surface area (Å²) in [5.74, 6) is 0.130. The summed E-state index contributed by atoms with van der Waals surface area (Å²) in [6.07, 6.45) is 0. The quantitative estimate of drug-likeness (QED) is 0.592. The molecule has 0 aliphatic carbocycles. The zero-order valence-electron chi connectivity index (χ0n) is 15.0. The third-order valence-electron chi connectivity index (χ3n) is 3.92. The third kappa shape index (κ3) is 4.22. The summed E-state index contributed by atoms with van der Waals surface area (Å²) in [7, 11) is -2.92. The molecule has 0 saturated carbocycles. The summed E-state index contributed by atoms with van der Waals surface area (Å²) in [6, 6.07) is 11.9. The minimum Gasteiger partial charge on any atom is -0.465 e. The Kier molecular flexibility index (Phi) is 5.78. The molecule has 1 heterocycles. The predicted molar refractivity (Wildman–Crippen MR) is 103 cm³/mol. The van der Waals surface area contributed by atoms with Crippen molar-refractivity contribution < 1.29 is 17.9 Å². The fourth-order valence-corrected chi connectivity index (χ4v) is 4.29. The number of H-pyrrole nitrogens is 1. The molecule has 28 heavy (non-hydrogen) atoms. The molecule has 1 atom stereocenters. The number of halogens is 1. The van der Waals surface area contributed by atoms with Gasteiger partial charge in [0, 0.05) is 0 Å². The maximum atomic E-state index is 13.1. The normalized spacial score (nSPS) is 12.5. The lowest BCUT2D eigenvalue weighted by Crippen LogP contribution is -2.30. The Morgan fingerprint density at radius 2 is 1.93 bits per heavy atom. The van der Waals surface area contributed by atoms with Crippen molar-refractivity contribution in [2.75, 3.05) is 7.11 Å². The molecule has 0 amide bonds. The Bertz CT molecular complexity index is 1100. The van der Waals surface area contributed by atoms with Crippen LogP contribution < -0.4 is 4.72 Å². The Labute approximate surface area is 167 Å². The highest BCUT2D eigenvalue weighted by molar-refractivity contribution is 7.89. The van der Waals surface area contributed by atoms with E-state index in [0.717, 1.165) is 0 Å². The number of carbonyl (C=O) groups excluding carboxylic acids is 1. The first-order valence-corrected chi connectivity index (χ1v) is 10.0. The number of carbonyl (C=O) groups is 1. The van der Waals surface area contributed by atoms with Crippen molar-refractivity contribution in [2.45, 2.75) is 17.9 Å². The molecular weight excluding hydrogens is 404 g/mol. The van der Waals surface area contributed by atoms with Gasteiger partial charge in [0.1, 0.15) is 16.8 Å². The van der Waals surface area contributed by atoms with Crippen molar-refractivity contribution in [1.29, 1.82) is 0 Å². The number of aromatic amines is 1. The van der Waals surface area contributed by atoms with E-state index in [4.69, 9.17) is 11.6 Å². The first kappa shape index (κ1) is 20.0. The van der Waals surface area contributed by atoms with Crippen LogP contribution in [0.15, 0.2) is 53.4 Å². The number of methoxy groups -OCH3 is 1. The zero-order valence-corrected chi connectivity index (χ0v) is 16.6. The van der Waals surface area contributed by atoms with Crippen LogP contribution in [-0.2, 0) is 14.8 Å². The van der Waals surface area contributed by atoms with E-state index in [-0.39, 0.29) is 21.3 Å². The van der Waals surface area contributed by atoms with Crippen LogP contribution in [0.2, 0.25) is 5.02 Å². The van der Waals surface area contributed by atoms with E-state index in [1.54, 1.807) is 31.2 Å². The number of nitrogens with zero attached hydrogens (tertiary/aromatic N) is 2. The van der Waals surface area contributed by atoms with Crippen molar-refractivity contribution in [3.63, 3.8) is 0 Å². The Morgan fingerprint density at radius 1 is 1.21 bits per heavy atom. The molecule has 0 aliphatic rings. The number of esters is 1. The van der Waals surface area contributed by atoms with Crippen LogP contribution >= 0.6 is 11.6 Å². The van der Waals surface area contributed by atoms with Crippen molar-refractivity contribution in [1.82, 2.24) is 19.9 Å². The molecule has 3 aromatic rings. The standard InChI is InChI=1S/C18H17ClN4O4S/c1-11-20-17(22-21-11)16(12-6-4-3-5-7-12)23-28(25,26)15-10-13(18(24)27-2)8-9-14(15)19/h3-10,16,23H,1-2H3,(H,20,21,22). The molecule has 0 bridgehead atoms. The molecule has 1 aromatic heterocycles. The van der Waals surface area contributed by atoms with Crippen LogP contribution in [0.5, 0.6) is 0 Å². The van der Waals surface area contributed by atoms with E-state index in [9.17, 15) is 13.2 Å². The van der Waals surface area contributed by atoms with Crippen LogP contribution in [0, 0.1) is 6.92 Å². The Morgan fingerprint density at radius 3 is 2.54 bits per heavy atom. The summed E-state index contributed by atoms with van der Waals surface area (Å²) in [5, 5.41) is 6.76. The molecule has 0 spiro atoms. The first-order chi connectivity index (χ1) is 13.3. The lowest BCUT2D eigenvalue weighted by molar-refractivity contribution is 0.0600. The number of ether oxygens (including phenoxy) is 1. The van der Waals surface area contributed by atoms with Crippen LogP contribution in [-0.4, -0.2) is 36.7 Å². The Hall–Kier alpha value is -2.75. The summed E-state index contributed by atoms with van der Waals surface area (Å²) >= 11 is 6.10. The van der Waals surface area contributed by atoms with Crippen molar-refractivity contribution in [2.24, 2.45) is 0 Å². The molecular formula is C18H17ClN4O4S. The number of aryl methyl sites for hydroxylation is 1. The molecule has 3 rings (SSSR count). The monoisotopic (exact) mass is 420 g/mol. The molecule has 0 aliphatic heterocycles. The number of hydrogen-bond donors (Lipinski definition) is 2. The van der Waals surface area contributed by atoms with Gasteiger partial charge in [0.25, 0.3) is 0 Å². The molecule has 146 valence electrons. The van der Waals surface area contributed by atoms with Gasteiger partial charge in [-0.1, -0.05) is 41.9 Å². The number of benzene rings is 2. The minimum absolute atomic E-state index is 0.0295. The van der Waals surface area contributed by atoms with Gasteiger partial charge in [-0.25, -0.2) is 18.2 Å². The van der Waals surface area contributed by atoms with Gasteiger partial charge in [-0.15, -0.1) is 0 Å². The number of rotatable bonds is 6. The highest BCUT2D eigenvalue weighted by Crippen LogP contribution is 2.27. The zero-order chi connectivity index (χ0) is 20.3. The van der Waals surface area contributed by atoms with Crippen LogP contribution in [0.25, 0.3) is 0 Å². The van der Waals surface area contributed by atoms with E-state index in [2.05, 4.69) is 24.6 Å². The third-order valence-corrected chi connectivity index (χ3v) is 5.82. The van der Waals surface area contributed by atoms with E-state index in [1.807, 2.05) is 6.07 Å². The summed E-state index contributed by atoms with van der Waals surface area (Å²) in [5.41, 5.74) is 0.711. The van der Waals surface area contributed by atoms with E-state index in [0.29, 0.717) is 11.4 Å². The van der Waals surface area contributed by atoms with Crippen molar-refractivity contribution >= 4 is 27.6 Å². The summed E-state index contributed by atoms with van der Waals surface area (Å²) in [6.45, 7) is 1.71. The van der Waals surface area contributed by atoms with E-state index in [1.165, 1.54) is 25.3 Å². The lowest BCUT2D eigenvalue weighted by Gasteiger charge is -2.17. The molecule has 10 heteroatoms. The SMILES string of the molecule is COC(=O)c1ccc(Cl)c(S(=O)(=O)NC(c2ccccc2)c2n[nH]c(C)n2)c1. The number of sulfonamides is 1. The maximum absolute atomic E-state index is 13.1. The van der Waals surface area contributed by atoms with Crippen molar-refractivity contribution in [3.05, 3.63) is 76.3 Å². The number of nitrogens with one attached hydrogen (secondary N) is 2. The molecule has 0 radical (unpaired) electrons. The maximum Gasteiger partial charge on any atom is 0.337 e. The fraction of sp³-hybridized carbons (Fsp3) is 0.167. The first-order valence-electron chi connectivity index (χ1n) is 8.16. The average Bonchev–Trinajstić information content (AvgIpc) is 3.12. The molecule has 0 fully saturated rings. The van der Waals surface area contributed by atoms with Crippen LogP contribution in [0.1, 0.15) is 33.6 Å². The Balaban J connectivity index is 2.04. The molecule has 8 nitrogen and oxygen atoms in total. The highest BCUT2D eigenvalue weighted by atomic mass is 35.5. The van der Waals surface area contributed by atoms with E-state index < -0.39 is 22.0 Å². The van der Waals surface area contributed by atoms with Gasteiger partial charge >= 0.3 is 5.97 Å². The second-order valence-electron chi connectivity index (χ2n) is 5.88. The van der Waals surface area contributed by atoms with Gasteiger partial charge in [0.15, 0.2) is 5.82 Å². The second kappa shape index (κ2) is 8.09. The fourth-order valence-electron chi connectivity index (χ4n) is 2.58. The minimum atomic E-state index is -4.13. The number of hydrogen-bond acceptors (Lipinski definition) is 6. The van der Waals surface area contributed by atoms with Gasteiger partial charge in [0.2, 0.25) is 10.0 Å². The molecule has 1 unspecified atom stereocenters. The smallest absolute Gasteiger partial charge is 0.337 e. The highest BCUT2D eigenvalue weighted by Gasteiger charge is 2.28. The molecule has 0 saturated heterocycles. The van der Waals surface area contributed by atoms with Crippen LogP contribution in [0.3, 0.4) is 0 Å². The van der Waals surface area contributed by atoms with Crippen LogP contribution in [0.4, 0.5) is 0 Å². The predicted octanol–water partition coefficient (Wildman–Crippen LogP) is 2.62. The van der Waals surface area contributed by atoms with Gasteiger partial charge in [-0.3, -0.25) is 5.10 Å². The number of aromatic nitrogens is 3. The lowest BCUT2D eigenvalue weighted by atomic mass is 10.1. The van der Waals surface area contributed by atoms with Gasteiger partial charge in [0.05, 0.1) is 17.7 Å². The van der Waals surface area contributed by atoms with Crippen molar-refractivity contribution in [3.8, 4) is 0 Å². The van der Waals surface area contributed by atoms with Gasteiger partial charge in [-0.2, -0.15) is 9.82 Å². The van der Waals surface area contributed by atoms with Gasteiger partial charge in [-0.05, 0) is 30.7 Å². The average molecular weight is 421 g/mol. The molecule has 2 N–H and O–H groups in total. The molecule has 2 aromatic carbocycles. The summed E-state index contributed by atoms with van der Waals surface area (Å²) < 4.78 is 33.3. The largest absolute Gasteiger partial charge is 0.465 e. The van der Waals surface area contributed by atoms with E-state index >= 15 is 0 Å². The topological polar surface area (TPSA) is 114 Å². The summed E-state index contributed by atoms with van der Waals surface area (Å²) in [4.78, 5) is 15.8. The second-order valence-corrected chi connectivity index (χ2v) is 7.97. The van der Waals surface area contributed by atoms with Gasteiger partial charge < -0.3 is 4.74 Å².